The van der Waals surface area contributed by atoms with Gasteiger partial charge in [0.2, 0.25) is 0 Å². The Balaban J connectivity index is 3.76. The zero-order valence-electron chi connectivity index (χ0n) is 10.7. The number of aliphatic hydroxyl groups is 2. The maximum absolute atomic E-state index is 9.76. The van der Waals surface area contributed by atoms with E-state index < -0.39 is 12.2 Å². The summed E-state index contributed by atoms with van der Waals surface area (Å²) in [5.74, 6) is 1.15. The molecule has 0 rings (SSSR count). The van der Waals surface area contributed by atoms with Crippen LogP contribution in [0.1, 0.15) is 59.8 Å². The molecule has 0 heterocycles. The van der Waals surface area contributed by atoms with Crippen molar-refractivity contribution < 1.29 is 10.2 Å². The predicted octanol–water partition coefficient (Wildman–Crippen LogP) is 2.97. The summed E-state index contributed by atoms with van der Waals surface area (Å²) in [7, 11) is 0. The first-order valence-corrected chi connectivity index (χ1v) is 6.37. The average Bonchev–Trinajstić information content (AvgIpc) is 2.18. The molecule has 0 aromatic heterocycles. The van der Waals surface area contributed by atoms with Gasteiger partial charge in [0.1, 0.15) is 0 Å². The molecule has 2 heteroatoms. The third-order valence-electron chi connectivity index (χ3n) is 3.18. The standard InChI is InChI=1S/C13H28O2/c1-5-11(6-2)7-8-12(14)13(15)9-10(3)4/h10-15H,5-9H2,1-4H3/t12-,13+/m0/s1. The first kappa shape index (κ1) is 14.9. The second-order valence-corrected chi connectivity index (χ2v) is 5.02. The van der Waals surface area contributed by atoms with Crippen molar-refractivity contribution in [1.82, 2.24) is 0 Å². The van der Waals surface area contributed by atoms with Crippen LogP contribution in [0.5, 0.6) is 0 Å². The van der Waals surface area contributed by atoms with Gasteiger partial charge in [-0.2, -0.15) is 0 Å². The normalized spacial score (nSPS) is 16.0. The summed E-state index contributed by atoms with van der Waals surface area (Å²) in [4.78, 5) is 0. The van der Waals surface area contributed by atoms with Crippen LogP contribution < -0.4 is 0 Å². The van der Waals surface area contributed by atoms with E-state index >= 15 is 0 Å². The fourth-order valence-corrected chi connectivity index (χ4v) is 1.94. The summed E-state index contributed by atoms with van der Waals surface area (Å²) in [6.07, 6.45) is 3.73. The van der Waals surface area contributed by atoms with Gasteiger partial charge in [-0.05, 0) is 31.1 Å². The molecule has 92 valence electrons. The molecule has 0 radical (unpaired) electrons. The second kappa shape index (κ2) is 8.12. The number of aliphatic hydroxyl groups excluding tert-OH is 2. The molecule has 2 N–H and O–H groups in total. The quantitative estimate of drug-likeness (QED) is 0.655. The molecule has 0 saturated heterocycles. The Morgan fingerprint density at radius 1 is 0.867 bits per heavy atom. The highest BCUT2D eigenvalue weighted by Crippen LogP contribution is 2.19. The molecule has 0 amide bonds. The van der Waals surface area contributed by atoms with E-state index in [4.69, 9.17) is 0 Å². The van der Waals surface area contributed by atoms with Gasteiger partial charge in [0.25, 0.3) is 0 Å². The Kier molecular flexibility index (Phi) is 8.07. The molecule has 0 bridgehead atoms. The molecule has 2 atom stereocenters. The van der Waals surface area contributed by atoms with E-state index in [2.05, 4.69) is 27.7 Å². The van der Waals surface area contributed by atoms with E-state index in [0.29, 0.717) is 18.3 Å². The van der Waals surface area contributed by atoms with Gasteiger partial charge in [-0.15, -0.1) is 0 Å². The van der Waals surface area contributed by atoms with Crippen LogP contribution in [0.25, 0.3) is 0 Å². The van der Waals surface area contributed by atoms with Crippen LogP contribution in [0.2, 0.25) is 0 Å². The van der Waals surface area contributed by atoms with Gasteiger partial charge in [0.05, 0.1) is 12.2 Å². The molecular formula is C13H28O2. The lowest BCUT2D eigenvalue weighted by atomic mass is 9.92. The van der Waals surface area contributed by atoms with Gasteiger partial charge in [0, 0.05) is 0 Å². The molecule has 0 aromatic carbocycles. The summed E-state index contributed by atoms with van der Waals surface area (Å²) in [5, 5.41) is 19.5. The molecule has 2 nitrogen and oxygen atoms in total. The predicted molar refractivity (Wildman–Crippen MR) is 64.8 cm³/mol. The molecule has 15 heavy (non-hydrogen) atoms. The van der Waals surface area contributed by atoms with Crippen molar-refractivity contribution in [2.24, 2.45) is 11.8 Å². The lowest BCUT2D eigenvalue weighted by Gasteiger charge is -2.21. The molecule has 0 spiro atoms. The van der Waals surface area contributed by atoms with E-state index in [9.17, 15) is 10.2 Å². The maximum atomic E-state index is 9.76. The van der Waals surface area contributed by atoms with Crippen LogP contribution in [0.15, 0.2) is 0 Å². The Hall–Kier alpha value is -0.0800. The van der Waals surface area contributed by atoms with Crippen LogP contribution in [0, 0.1) is 11.8 Å². The minimum absolute atomic E-state index is 0.447. The van der Waals surface area contributed by atoms with Gasteiger partial charge in [0.15, 0.2) is 0 Å². The molecule has 0 aliphatic carbocycles. The van der Waals surface area contributed by atoms with E-state index in [1.54, 1.807) is 0 Å². The zero-order valence-corrected chi connectivity index (χ0v) is 10.7. The fraction of sp³-hybridized carbons (Fsp3) is 1.00. The van der Waals surface area contributed by atoms with Crippen molar-refractivity contribution in [3.63, 3.8) is 0 Å². The fourth-order valence-electron chi connectivity index (χ4n) is 1.94. The van der Waals surface area contributed by atoms with E-state index in [0.717, 1.165) is 12.8 Å². The highest BCUT2D eigenvalue weighted by molar-refractivity contribution is 4.70. The van der Waals surface area contributed by atoms with E-state index in [1.165, 1.54) is 12.8 Å². The largest absolute Gasteiger partial charge is 0.390 e. The molecule has 0 fully saturated rings. The lowest BCUT2D eigenvalue weighted by Crippen LogP contribution is -2.27. The lowest BCUT2D eigenvalue weighted by molar-refractivity contribution is -0.000300. The highest BCUT2D eigenvalue weighted by atomic mass is 16.3. The molecule has 0 unspecified atom stereocenters. The summed E-state index contributed by atoms with van der Waals surface area (Å²) in [5.41, 5.74) is 0. The van der Waals surface area contributed by atoms with E-state index in [1.807, 2.05) is 0 Å². The molecule has 0 aliphatic rings. The number of rotatable bonds is 8. The Morgan fingerprint density at radius 2 is 1.40 bits per heavy atom. The highest BCUT2D eigenvalue weighted by Gasteiger charge is 2.18. The molecule has 0 aromatic rings. The third kappa shape index (κ3) is 6.91. The zero-order chi connectivity index (χ0) is 11.8. The molecular weight excluding hydrogens is 188 g/mol. The first-order chi connectivity index (χ1) is 7.01. The van der Waals surface area contributed by atoms with Crippen LogP contribution in [-0.2, 0) is 0 Å². The second-order valence-electron chi connectivity index (χ2n) is 5.02. The van der Waals surface area contributed by atoms with Gasteiger partial charge < -0.3 is 10.2 Å². The molecule has 0 aliphatic heterocycles. The minimum Gasteiger partial charge on any atom is -0.390 e. The van der Waals surface area contributed by atoms with Crippen molar-refractivity contribution in [1.29, 1.82) is 0 Å². The van der Waals surface area contributed by atoms with Gasteiger partial charge in [-0.3, -0.25) is 0 Å². The molecule has 0 saturated carbocycles. The van der Waals surface area contributed by atoms with Gasteiger partial charge in [-0.25, -0.2) is 0 Å². The van der Waals surface area contributed by atoms with Gasteiger partial charge >= 0.3 is 0 Å². The van der Waals surface area contributed by atoms with Crippen molar-refractivity contribution >= 4 is 0 Å². The summed E-state index contributed by atoms with van der Waals surface area (Å²) >= 11 is 0. The van der Waals surface area contributed by atoms with Crippen LogP contribution in [0.4, 0.5) is 0 Å². The third-order valence-corrected chi connectivity index (χ3v) is 3.18. The SMILES string of the molecule is CCC(CC)CC[C@H](O)[C@H](O)CC(C)C. The Bertz CT molecular complexity index is 141. The minimum atomic E-state index is -0.542. The Labute approximate surface area is 94.7 Å². The summed E-state index contributed by atoms with van der Waals surface area (Å²) < 4.78 is 0. The average molecular weight is 216 g/mol. The number of hydrogen-bond acceptors (Lipinski definition) is 2. The van der Waals surface area contributed by atoms with Crippen LogP contribution in [-0.4, -0.2) is 22.4 Å². The van der Waals surface area contributed by atoms with Crippen molar-refractivity contribution in [3.05, 3.63) is 0 Å². The summed E-state index contributed by atoms with van der Waals surface area (Å²) in [6.45, 7) is 8.50. The van der Waals surface area contributed by atoms with Crippen molar-refractivity contribution in [2.75, 3.05) is 0 Å². The smallest absolute Gasteiger partial charge is 0.0801 e. The van der Waals surface area contributed by atoms with Gasteiger partial charge in [-0.1, -0.05) is 40.5 Å². The number of hydrogen-bond donors (Lipinski definition) is 2. The first-order valence-electron chi connectivity index (χ1n) is 6.37. The summed E-state index contributed by atoms with van der Waals surface area (Å²) in [6, 6.07) is 0. The van der Waals surface area contributed by atoms with Crippen LogP contribution in [0.3, 0.4) is 0 Å². The van der Waals surface area contributed by atoms with E-state index in [-0.39, 0.29) is 0 Å². The van der Waals surface area contributed by atoms with Crippen LogP contribution >= 0.6 is 0 Å². The monoisotopic (exact) mass is 216 g/mol. The van der Waals surface area contributed by atoms with Crippen molar-refractivity contribution in [2.45, 2.75) is 72.0 Å². The van der Waals surface area contributed by atoms with Crippen molar-refractivity contribution in [3.8, 4) is 0 Å². The Morgan fingerprint density at radius 3 is 1.80 bits per heavy atom. The maximum Gasteiger partial charge on any atom is 0.0801 e. The topological polar surface area (TPSA) is 40.5 Å².